The van der Waals surface area contributed by atoms with Gasteiger partial charge in [-0.1, -0.05) is 84.9 Å². The Morgan fingerprint density at radius 1 is 0.623 bits per heavy atom. The van der Waals surface area contributed by atoms with Gasteiger partial charge in [-0.25, -0.2) is 16.8 Å². The van der Waals surface area contributed by atoms with Crippen LogP contribution in [0.25, 0.3) is 0 Å². The molecule has 4 aliphatic rings. The maximum Gasteiger partial charge on any atom is 0.229 e. The first kappa shape index (κ1) is 39.3. The first-order chi connectivity index (χ1) is 25.3. The summed E-state index contributed by atoms with van der Waals surface area (Å²) in [6.45, 7) is 7.31. The van der Waals surface area contributed by atoms with Gasteiger partial charge < -0.3 is 15.5 Å². The Hall–Kier alpha value is -3.41. The summed E-state index contributed by atoms with van der Waals surface area (Å²) >= 11 is 0. The molecule has 284 valence electrons. The number of hydrogen-bond acceptors (Lipinski definition) is 7. The highest BCUT2D eigenvalue weighted by molar-refractivity contribution is 8.13. The van der Waals surface area contributed by atoms with Crippen molar-refractivity contribution >= 4 is 41.1 Å². The number of anilines is 2. The summed E-state index contributed by atoms with van der Waals surface area (Å²) in [5, 5.41) is 0. The van der Waals surface area contributed by atoms with Crippen LogP contribution in [0.5, 0.6) is 0 Å². The zero-order valence-electron chi connectivity index (χ0n) is 30.7. The van der Waals surface area contributed by atoms with Crippen LogP contribution in [0.3, 0.4) is 0 Å². The predicted molar refractivity (Wildman–Crippen MR) is 218 cm³/mol. The van der Waals surface area contributed by atoms with Crippen molar-refractivity contribution in [3.63, 3.8) is 0 Å². The number of sulfonamides is 1. The van der Waals surface area contributed by atoms with Gasteiger partial charge in [-0.15, -0.1) is 0 Å². The highest BCUT2D eigenvalue weighted by atomic mass is 35.7. The lowest BCUT2D eigenvalue weighted by atomic mass is 10.1. The molecule has 2 heterocycles. The first-order valence-electron chi connectivity index (χ1n) is 18.7. The van der Waals surface area contributed by atoms with Crippen LogP contribution in [0, 0.1) is 23.7 Å². The molecule has 4 fully saturated rings. The van der Waals surface area contributed by atoms with Crippen molar-refractivity contribution in [2.24, 2.45) is 23.7 Å². The number of halogens is 1. The van der Waals surface area contributed by atoms with Crippen LogP contribution in [0.15, 0.2) is 109 Å². The highest BCUT2D eigenvalue weighted by Gasteiger charge is 2.56. The molecule has 0 spiro atoms. The Bertz CT molecular complexity index is 1990. The molecule has 4 aromatic rings. The molecule has 4 unspecified atom stereocenters. The van der Waals surface area contributed by atoms with E-state index in [1.54, 1.807) is 0 Å². The maximum absolute atomic E-state index is 11.4. The minimum absolute atomic E-state index is 0.599. The van der Waals surface area contributed by atoms with Crippen molar-refractivity contribution in [3.8, 4) is 0 Å². The van der Waals surface area contributed by atoms with Crippen LogP contribution >= 0.6 is 10.7 Å². The molecule has 0 amide bonds. The van der Waals surface area contributed by atoms with Crippen molar-refractivity contribution in [1.82, 2.24) is 9.80 Å². The first-order valence-corrected chi connectivity index (χ1v) is 23.3. The van der Waals surface area contributed by atoms with E-state index in [0.717, 1.165) is 48.0 Å². The predicted octanol–water partition coefficient (Wildman–Crippen LogP) is 7.07. The van der Waals surface area contributed by atoms with Crippen LogP contribution in [0.1, 0.15) is 46.9 Å². The number of nitrogen functional groups attached to an aromatic ring is 1. The summed E-state index contributed by atoms with van der Waals surface area (Å²) in [5.74, 6) is 4.59. The second kappa shape index (κ2) is 17.4. The average molecular weight is 777 g/mol. The molecule has 3 N–H and O–H groups in total. The number of nitrogens with two attached hydrogens (primary N) is 1. The molecule has 8 rings (SSSR count). The van der Waals surface area contributed by atoms with Crippen molar-refractivity contribution < 1.29 is 16.8 Å². The SMILES string of the molecule is CS(=O)(=O)Cl.CS(=O)(=O)Nc1cccc(C2C3CN(CCCc4ccccc4)CC32)c1.Nc1cccc(C2C3CN(CCCc4ccccc4)CC32)c1. The third-order valence-corrected chi connectivity index (χ3v) is 11.6. The van der Waals surface area contributed by atoms with Gasteiger partial charge >= 0.3 is 0 Å². The van der Waals surface area contributed by atoms with E-state index in [0.29, 0.717) is 11.6 Å². The van der Waals surface area contributed by atoms with Crippen LogP contribution in [0.4, 0.5) is 11.4 Å². The second-order valence-electron chi connectivity index (χ2n) is 15.3. The lowest BCUT2D eigenvalue weighted by Crippen LogP contribution is -2.25. The summed E-state index contributed by atoms with van der Waals surface area (Å²) in [6.07, 6.45) is 6.95. The zero-order chi connectivity index (χ0) is 37.6. The monoisotopic (exact) mass is 776 g/mol. The van der Waals surface area contributed by atoms with Gasteiger partial charge in [0.15, 0.2) is 0 Å². The number of hydrogen-bond donors (Lipinski definition) is 2. The van der Waals surface area contributed by atoms with E-state index in [-0.39, 0.29) is 0 Å². The fourth-order valence-corrected chi connectivity index (χ4v) is 9.23. The number of rotatable bonds is 12. The minimum atomic E-state index is -3.22. The zero-order valence-corrected chi connectivity index (χ0v) is 33.1. The van der Waals surface area contributed by atoms with E-state index in [2.05, 4.69) is 110 Å². The number of nitrogens with zero attached hydrogens (tertiary/aromatic N) is 2. The molecule has 0 aromatic heterocycles. The lowest BCUT2D eigenvalue weighted by molar-refractivity contribution is 0.294. The number of likely N-dealkylation sites (tertiary alicyclic amines) is 2. The third kappa shape index (κ3) is 12.0. The van der Waals surface area contributed by atoms with Gasteiger partial charge in [0.1, 0.15) is 0 Å². The molecule has 0 bridgehead atoms. The second-order valence-corrected chi connectivity index (χ2v) is 20.0. The van der Waals surface area contributed by atoms with Crippen molar-refractivity contribution in [1.29, 1.82) is 0 Å². The smallest absolute Gasteiger partial charge is 0.229 e. The van der Waals surface area contributed by atoms with E-state index in [1.165, 1.54) is 87.0 Å². The Morgan fingerprint density at radius 2 is 1.04 bits per heavy atom. The molecule has 11 heteroatoms. The summed E-state index contributed by atoms with van der Waals surface area (Å²) in [5.41, 5.74) is 13.1. The van der Waals surface area contributed by atoms with Gasteiger partial charge in [0.2, 0.25) is 19.1 Å². The lowest BCUT2D eigenvalue weighted by Gasteiger charge is -2.19. The van der Waals surface area contributed by atoms with Crippen LogP contribution < -0.4 is 10.5 Å². The minimum Gasteiger partial charge on any atom is -0.399 e. The fourth-order valence-electron chi connectivity index (χ4n) is 8.67. The molecule has 2 saturated heterocycles. The molecule has 53 heavy (non-hydrogen) atoms. The summed E-state index contributed by atoms with van der Waals surface area (Å²) in [4.78, 5) is 5.24. The van der Waals surface area contributed by atoms with E-state index in [4.69, 9.17) is 5.73 Å². The standard InChI is InChI=1S/C21H26N2O2S.C20H24N2.CH3ClO2S/c1-26(24,25)22-18-11-5-10-17(13-18)21-19-14-23(15-20(19)21)12-6-9-16-7-3-2-4-8-16;21-17-10-4-9-16(12-17)20-18-13-22(14-19(18)20)11-5-8-15-6-2-1-3-7-15;1-5(2,3)4/h2-5,7-8,10-11,13,19-22H,6,9,12,14-15H2,1H3;1-4,6-7,9-10,12,18-20H,5,8,11,13-14,21H2;1H3. The third-order valence-electron chi connectivity index (χ3n) is 11.0. The van der Waals surface area contributed by atoms with Crippen LogP contribution in [0.2, 0.25) is 0 Å². The quantitative estimate of drug-likeness (QED) is 0.117. The normalized spacial score (nSPS) is 24.5. The molecule has 0 radical (unpaired) electrons. The molecule has 2 aliphatic carbocycles. The average Bonchev–Trinajstić information content (AvgIpc) is 3.83. The Kier molecular flexibility index (Phi) is 12.9. The van der Waals surface area contributed by atoms with Crippen LogP contribution in [-0.2, 0) is 31.9 Å². The maximum atomic E-state index is 11.4. The molecule has 2 aliphatic heterocycles. The number of aryl methyl sites for hydroxylation is 2. The van der Waals surface area contributed by atoms with Crippen LogP contribution in [-0.4, -0.2) is 78.4 Å². The topological polar surface area (TPSA) is 113 Å². The van der Waals surface area contributed by atoms with Gasteiger partial charge in [-0.3, -0.25) is 4.72 Å². The molecule has 2 saturated carbocycles. The summed E-state index contributed by atoms with van der Waals surface area (Å²) < 4.78 is 44.2. The van der Waals surface area contributed by atoms with E-state index in [1.807, 2.05) is 24.3 Å². The number of fused-ring (bicyclic) bond motifs is 2. The Balaban J connectivity index is 0.000000163. The van der Waals surface area contributed by atoms with E-state index in [9.17, 15) is 16.8 Å². The van der Waals surface area contributed by atoms with Gasteiger partial charge in [0, 0.05) is 48.2 Å². The number of nitrogens with one attached hydrogen (secondary N) is 1. The van der Waals surface area contributed by atoms with Crippen molar-refractivity contribution in [3.05, 3.63) is 131 Å². The molecule has 4 atom stereocenters. The van der Waals surface area contributed by atoms with Gasteiger partial charge in [-0.05, 0) is 121 Å². The molecular formula is C42H53ClN4O4S2. The van der Waals surface area contributed by atoms with E-state index >= 15 is 0 Å². The van der Waals surface area contributed by atoms with Gasteiger partial charge in [-0.2, -0.15) is 0 Å². The number of benzene rings is 4. The molecule has 8 nitrogen and oxygen atoms in total. The summed E-state index contributed by atoms with van der Waals surface area (Å²) in [7, 11) is -1.91. The Labute approximate surface area is 321 Å². The van der Waals surface area contributed by atoms with Gasteiger partial charge in [0.25, 0.3) is 0 Å². The fraction of sp³-hybridized carbons (Fsp3) is 0.429. The Morgan fingerprint density at radius 3 is 1.45 bits per heavy atom. The van der Waals surface area contributed by atoms with Crippen molar-refractivity contribution in [2.75, 3.05) is 62.2 Å². The number of piperidine rings is 2. The largest absolute Gasteiger partial charge is 0.399 e. The van der Waals surface area contributed by atoms with Gasteiger partial charge in [0.05, 0.1) is 12.5 Å². The molecule has 4 aromatic carbocycles. The van der Waals surface area contributed by atoms with E-state index < -0.39 is 19.1 Å². The summed E-state index contributed by atoms with van der Waals surface area (Å²) in [6, 6.07) is 37.9. The molecular weight excluding hydrogens is 724 g/mol. The highest BCUT2D eigenvalue weighted by Crippen LogP contribution is 2.59. The van der Waals surface area contributed by atoms with Crippen molar-refractivity contribution in [2.45, 2.75) is 37.5 Å².